The van der Waals surface area contributed by atoms with Crippen molar-refractivity contribution in [2.45, 2.75) is 26.2 Å². The van der Waals surface area contributed by atoms with E-state index in [0.29, 0.717) is 5.71 Å². The Morgan fingerprint density at radius 1 is 0.452 bits per heavy atom. The van der Waals surface area contributed by atoms with Gasteiger partial charge in [-0.25, -0.2) is 0 Å². The van der Waals surface area contributed by atoms with E-state index in [9.17, 15) is 0 Å². The molecule has 202 valence electrons. The summed E-state index contributed by atoms with van der Waals surface area (Å²) >= 11 is 0. The van der Waals surface area contributed by atoms with Crippen molar-refractivity contribution in [1.29, 1.82) is 5.41 Å². The number of nitrogens with one attached hydrogen (secondary N) is 1. The highest BCUT2D eigenvalue weighted by atomic mass is 14.5. The molecule has 2 aliphatic carbocycles. The lowest BCUT2D eigenvalue weighted by Gasteiger charge is -2.30. The Hall–Kier alpha value is -5.01. The van der Waals surface area contributed by atoms with Crippen LogP contribution in [-0.2, 0) is 5.41 Å². The molecular formula is C41H33N. The Bertz CT molecular complexity index is 1920. The van der Waals surface area contributed by atoms with E-state index < -0.39 is 0 Å². The molecule has 1 spiro atoms. The van der Waals surface area contributed by atoms with E-state index in [1.54, 1.807) is 6.92 Å². The molecule has 0 aliphatic heterocycles. The molecule has 8 rings (SSSR count). The summed E-state index contributed by atoms with van der Waals surface area (Å²) in [5.74, 6) is 0. The Balaban J connectivity index is 0.000000276. The lowest BCUT2D eigenvalue weighted by Crippen LogP contribution is -2.25. The third-order valence-corrected chi connectivity index (χ3v) is 9.04. The monoisotopic (exact) mass is 539 g/mol. The second-order valence-electron chi connectivity index (χ2n) is 11.4. The molecule has 1 heteroatoms. The Morgan fingerprint density at radius 2 is 0.905 bits per heavy atom. The predicted octanol–water partition coefficient (Wildman–Crippen LogP) is 10.4. The molecule has 6 aromatic carbocycles. The van der Waals surface area contributed by atoms with Crippen molar-refractivity contribution in [3.05, 3.63) is 178 Å². The van der Waals surface area contributed by atoms with E-state index in [4.69, 9.17) is 5.41 Å². The molecule has 0 amide bonds. The maximum atomic E-state index is 7.24. The summed E-state index contributed by atoms with van der Waals surface area (Å²) in [5, 5.41) is 7.24. The summed E-state index contributed by atoms with van der Waals surface area (Å²) < 4.78 is 0. The third kappa shape index (κ3) is 3.89. The minimum Gasteiger partial charge on any atom is -0.305 e. The maximum absolute atomic E-state index is 7.24. The molecule has 0 fully saturated rings. The molecule has 1 N–H and O–H groups in total. The number of rotatable bonds is 2. The van der Waals surface area contributed by atoms with Crippen molar-refractivity contribution >= 4 is 5.71 Å². The molecule has 6 aromatic rings. The smallest absolute Gasteiger partial charge is 0.0725 e. The van der Waals surface area contributed by atoms with Gasteiger partial charge in [0.05, 0.1) is 5.41 Å². The van der Waals surface area contributed by atoms with Gasteiger partial charge < -0.3 is 5.41 Å². The molecule has 0 aromatic heterocycles. The molecule has 0 atom stereocenters. The number of aryl methyl sites for hydroxylation is 2. The summed E-state index contributed by atoms with van der Waals surface area (Å²) in [6.07, 6.45) is 0. The Morgan fingerprint density at radius 3 is 1.40 bits per heavy atom. The van der Waals surface area contributed by atoms with Crippen molar-refractivity contribution in [2.24, 2.45) is 0 Å². The van der Waals surface area contributed by atoms with Gasteiger partial charge in [0.1, 0.15) is 0 Å². The lowest BCUT2D eigenvalue weighted by molar-refractivity contribution is 0.794. The van der Waals surface area contributed by atoms with Crippen LogP contribution in [0.5, 0.6) is 0 Å². The van der Waals surface area contributed by atoms with E-state index in [1.165, 1.54) is 66.8 Å². The highest BCUT2D eigenvalue weighted by molar-refractivity contribution is 5.96. The molecule has 0 bridgehead atoms. The van der Waals surface area contributed by atoms with Crippen LogP contribution >= 0.6 is 0 Å². The van der Waals surface area contributed by atoms with E-state index in [2.05, 4.69) is 123 Å². The average molecular weight is 540 g/mol. The van der Waals surface area contributed by atoms with Gasteiger partial charge >= 0.3 is 0 Å². The zero-order valence-electron chi connectivity index (χ0n) is 24.3. The predicted molar refractivity (Wildman–Crippen MR) is 177 cm³/mol. The van der Waals surface area contributed by atoms with Gasteiger partial charge in [-0.2, -0.15) is 0 Å². The first kappa shape index (κ1) is 25.9. The minimum atomic E-state index is -0.269. The molecule has 0 radical (unpaired) electrons. The van der Waals surface area contributed by atoms with Crippen molar-refractivity contribution in [3.8, 4) is 33.4 Å². The fourth-order valence-corrected chi connectivity index (χ4v) is 6.88. The van der Waals surface area contributed by atoms with Crippen LogP contribution in [0.3, 0.4) is 0 Å². The highest BCUT2D eigenvalue weighted by Gasteiger charge is 2.51. The van der Waals surface area contributed by atoms with Crippen LogP contribution in [-0.4, -0.2) is 5.71 Å². The third-order valence-electron chi connectivity index (χ3n) is 9.04. The van der Waals surface area contributed by atoms with Crippen LogP contribution in [0.25, 0.3) is 33.4 Å². The largest absolute Gasteiger partial charge is 0.305 e. The van der Waals surface area contributed by atoms with Crippen LogP contribution in [0.4, 0.5) is 0 Å². The molecule has 2 aliphatic rings. The van der Waals surface area contributed by atoms with E-state index in [1.807, 2.05) is 30.3 Å². The van der Waals surface area contributed by atoms with E-state index in [-0.39, 0.29) is 5.41 Å². The topological polar surface area (TPSA) is 23.9 Å². The number of benzene rings is 6. The van der Waals surface area contributed by atoms with Crippen LogP contribution in [0.2, 0.25) is 0 Å². The minimum absolute atomic E-state index is 0.269. The first-order valence-corrected chi connectivity index (χ1v) is 14.6. The van der Waals surface area contributed by atoms with Gasteiger partial charge in [0.15, 0.2) is 0 Å². The quantitative estimate of drug-likeness (QED) is 0.211. The summed E-state index contributed by atoms with van der Waals surface area (Å²) in [6, 6.07) is 50.6. The summed E-state index contributed by atoms with van der Waals surface area (Å²) in [6.45, 7) is 6.17. The van der Waals surface area contributed by atoms with Crippen molar-refractivity contribution in [2.75, 3.05) is 0 Å². The standard InChI is InChI=1S/C33H24.C8H9N/c1-21-15-16-23(19-22(21)2)24-17-18-28-27-11-5-8-14-31(27)33(32(28)20-24)29-12-6-3-9-25(29)26-10-4-7-13-30(26)33;1-7(9)8-5-3-2-4-6-8/h3-20H,1-2H3;2-6,9H,1H3. The van der Waals surface area contributed by atoms with E-state index in [0.717, 1.165) is 5.56 Å². The fraction of sp³-hybridized carbons (Fsp3) is 0.0976. The SMILES string of the molecule is CC(=N)c1ccccc1.Cc1ccc(-c2ccc3c(c2)C2(c4ccccc4-c4ccccc42)c2ccccc2-3)cc1C. The summed E-state index contributed by atoms with van der Waals surface area (Å²) in [5.41, 5.74) is 17.6. The molecular weight excluding hydrogens is 506 g/mol. The van der Waals surface area contributed by atoms with Gasteiger partial charge in [-0.1, -0.05) is 133 Å². The van der Waals surface area contributed by atoms with E-state index >= 15 is 0 Å². The van der Waals surface area contributed by atoms with Crippen LogP contribution < -0.4 is 0 Å². The second kappa shape index (κ2) is 10.1. The second-order valence-corrected chi connectivity index (χ2v) is 11.4. The van der Waals surface area contributed by atoms with Gasteiger partial charge in [0.25, 0.3) is 0 Å². The van der Waals surface area contributed by atoms with Gasteiger partial charge in [0, 0.05) is 5.71 Å². The number of hydrogen-bond donors (Lipinski definition) is 1. The molecule has 0 unspecified atom stereocenters. The van der Waals surface area contributed by atoms with Gasteiger partial charge in [-0.15, -0.1) is 0 Å². The highest BCUT2D eigenvalue weighted by Crippen LogP contribution is 2.62. The van der Waals surface area contributed by atoms with Gasteiger partial charge in [0.2, 0.25) is 0 Å². The first-order valence-electron chi connectivity index (χ1n) is 14.6. The number of hydrogen-bond acceptors (Lipinski definition) is 1. The average Bonchev–Trinajstić information content (AvgIpc) is 3.50. The Kier molecular flexibility index (Phi) is 6.25. The zero-order valence-corrected chi connectivity index (χ0v) is 24.3. The molecule has 1 nitrogen and oxygen atoms in total. The summed E-state index contributed by atoms with van der Waals surface area (Å²) in [4.78, 5) is 0. The van der Waals surface area contributed by atoms with Gasteiger partial charge in [-0.3, -0.25) is 0 Å². The van der Waals surface area contributed by atoms with Crippen LogP contribution in [0.1, 0.15) is 45.9 Å². The van der Waals surface area contributed by atoms with Crippen molar-refractivity contribution in [1.82, 2.24) is 0 Å². The van der Waals surface area contributed by atoms with Gasteiger partial charge in [-0.05, 0) is 99.2 Å². The maximum Gasteiger partial charge on any atom is 0.0725 e. The molecule has 0 heterocycles. The molecule has 42 heavy (non-hydrogen) atoms. The molecule has 0 saturated heterocycles. The Labute approximate surface area is 248 Å². The normalized spacial score (nSPS) is 12.9. The number of fused-ring (bicyclic) bond motifs is 10. The lowest BCUT2D eigenvalue weighted by atomic mass is 9.70. The van der Waals surface area contributed by atoms with Crippen LogP contribution in [0.15, 0.2) is 140 Å². The zero-order chi connectivity index (χ0) is 28.8. The van der Waals surface area contributed by atoms with Crippen molar-refractivity contribution in [3.63, 3.8) is 0 Å². The summed E-state index contributed by atoms with van der Waals surface area (Å²) in [7, 11) is 0. The van der Waals surface area contributed by atoms with Crippen LogP contribution in [0, 0.1) is 19.3 Å². The first-order chi connectivity index (χ1) is 20.5. The fourth-order valence-electron chi connectivity index (χ4n) is 6.88. The molecule has 0 saturated carbocycles. The van der Waals surface area contributed by atoms with Crippen molar-refractivity contribution < 1.29 is 0 Å².